The van der Waals surface area contributed by atoms with Gasteiger partial charge in [-0.15, -0.1) is 5.10 Å². The molecule has 0 radical (unpaired) electrons. The number of hydrogen-bond acceptors (Lipinski definition) is 8. The van der Waals surface area contributed by atoms with E-state index in [0.29, 0.717) is 36.5 Å². The predicted molar refractivity (Wildman–Crippen MR) is 108 cm³/mol. The molecule has 8 nitrogen and oxygen atoms in total. The summed E-state index contributed by atoms with van der Waals surface area (Å²) in [6.07, 6.45) is 0. The smallest absolute Gasteiger partial charge is 0.213 e. The second-order valence-corrected chi connectivity index (χ2v) is 7.81. The lowest BCUT2D eigenvalue weighted by Gasteiger charge is -2.26. The number of rotatable bonds is 7. The Morgan fingerprint density at radius 3 is 2.39 bits per heavy atom. The number of hydrazone groups is 1. The molecule has 0 aromatic heterocycles. The average Bonchev–Trinajstić information content (AvgIpc) is 3.19. The Labute approximate surface area is 166 Å². The molecule has 0 spiro atoms. The van der Waals surface area contributed by atoms with Crippen molar-refractivity contribution in [1.82, 2.24) is 4.90 Å². The first-order valence-electron chi connectivity index (χ1n) is 9.60. The molecule has 0 unspecified atom stereocenters. The Morgan fingerprint density at radius 2 is 1.79 bits per heavy atom. The molecule has 0 aliphatic carbocycles. The average molecular weight is 393 g/mol. The molecule has 0 saturated carbocycles. The van der Waals surface area contributed by atoms with E-state index in [1.165, 1.54) is 0 Å². The van der Waals surface area contributed by atoms with Crippen molar-refractivity contribution in [2.75, 3.05) is 65.4 Å². The van der Waals surface area contributed by atoms with Gasteiger partial charge in [0.1, 0.15) is 6.61 Å². The Hall–Kier alpha value is -2.19. The van der Waals surface area contributed by atoms with Crippen molar-refractivity contribution in [3.05, 3.63) is 12.1 Å². The van der Waals surface area contributed by atoms with Gasteiger partial charge >= 0.3 is 0 Å². The number of nitrogens with zero attached hydrogens (tertiary/aromatic N) is 3. The number of morpholine rings is 1. The molecule has 1 fully saturated rings. The first-order chi connectivity index (χ1) is 13.4. The van der Waals surface area contributed by atoms with Gasteiger partial charge in [0.15, 0.2) is 18.2 Å². The molecule has 0 N–H and O–H groups in total. The molecule has 2 aliphatic rings. The van der Waals surface area contributed by atoms with E-state index in [-0.39, 0.29) is 5.41 Å². The van der Waals surface area contributed by atoms with Crippen LogP contribution in [0.5, 0.6) is 17.2 Å². The molecule has 0 amide bonds. The first kappa shape index (κ1) is 20.5. The van der Waals surface area contributed by atoms with E-state index < -0.39 is 0 Å². The second-order valence-electron chi connectivity index (χ2n) is 7.81. The highest BCUT2D eigenvalue weighted by atomic mass is 16.5. The van der Waals surface area contributed by atoms with Gasteiger partial charge in [0.05, 0.1) is 33.1 Å². The fraction of sp³-hybridized carbons (Fsp3) is 0.650. The third kappa shape index (κ3) is 4.80. The van der Waals surface area contributed by atoms with Gasteiger partial charge in [-0.25, -0.2) is 5.01 Å². The van der Waals surface area contributed by atoms with Crippen molar-refractivity contribution in [3.8, 4) is 17.2 Å². The molecule has 1 aromatic rings. The summed E-state index contributed by atoms with van der Waals surface area (Å²) < 4.78 is 28.3. The molecule has 1 aromatic carbocycles. The maximum absolute atomic E-state index is 6.06. The van der Waals surface area contributed by atoms with E-state index >= 15 is 0 Å². The van der Waals surface area contributed by atoms with E-state index in [2.05, 4.69) is 30.8 Å². The number of benzene rings is 1. The van der Waals surface area contributed by atoms with Gasteiger partial charge in [0.2, 0.25) is 11.6 Å². The van der Waals surface area contributed by atoms with Gasteiger partial charge in [0.25, 0.3) is 0 Å². The number of anilines is 1. The van der Waals surface area contributed by atoms with Crippen molar-refractivity contribution >= 4 is 11.6 Å². The zero-order valence-electron chi connectivity index (χ0n) is 17.5. The topological polar surface area (TPSA) is 65.0 Å². The van der Waals surface area contributed by atoms with Crippen LogP contribution in [0.2, 0.25) is 0 Å². The van der Waals surface area contributed by atoms with E-state index in [1.54, 1.807) is 19.2 Å². The maximum atomic E-state index is 6.06. The minimum absolute atomic E-state index is 0.150. The first-order valence-corrected chi connectivity index (χ1v) is 9.60. The lowest BCUT2D eigenvalue weighted by molar-refractivity contribution is 0.0321. The van der Waals surface area contributed by atoms with Crippen molar-refractivity contribution in [2.45, 2.75) is 20.8 Å². The summed E-state index contributed by atoms with van der Waals surface area (Å²) in [4.78, 5) is 2.32. The molecule has 2 heterocycles. The van der Waals surface area contributed by atoms with Crippen LogP contribution in [-0.2, 0) is 9.47 Å². The summed E-state index contributed by atoms with van der Waals surface area (Å²) in [5.74, 6) is 2.51. The highest BCUT2D eigenvalue weighted by Gasteiger charge is 2.29. The highest BCUT2D eigenvalue weighted by Crippen LogP contribution is 2.42. The summed E-state index contributed by atoms with van der Waals surface area (Å²) in [7, 11) is 3.23. The van der Waals surface area contributed by atoms with Crippen LogP contribution in [-0.4, -0.2) is 71.2 Å². The fourth-order valence-corrected chi connectivity index (χ4v) is 3.07. The fourth-order valence-electron chi connectivity index (χ4n) is 3.07. The molecular formula is C20H31N3O5. The van der Waals surface area contributed by atoms with Crippen LogP contribution < -0.4 is 19.2 Å². The van der Waals surface area contributed by atoms with Gasteiger partial charge in [0, 0.05) is 37.2 Å². The third-order valence-corrected chi connectivity index (χ3v) is 4.67. The minimum Gasteiger partial charge on any atom is -0.493 e. The predicted octanol–water partition coefficient (Wildman–Crippen LogP) is 2.57. The summed E-state index contributed by atoms with van der Waals surface area (Å²) in [5.41, 5.74) is 0.682. The van der Waals surface area contributed by atoms with Gasteiger partial charge in [-0.3, -0.25) is 4.90 Å². The molecule has 1 saturated heterocycles. The maximum Gasteiger partial charge on any atom is 0.213 e. The number of hydrogen-bond donors (Lipinski definition) is 0. The lowest BCUT2D eigenvalue weighted by atomic mass is 9.97. The third-order valence-electron chi connectivity index (χ3n) is 4.67. The van der Waals surface area contributed by atoms with Crippen molar-refractivity contribution < 1.29 is 23.7 Å². The second kappa shape index (κ2) is 8.87. The largest absolute Gasteiger partial charge is 0.493 e. The quantitative estimate of drug-likeness (QED) is 0.705. The van der Waals surface area contributed by atoms with Crippen LogP contribution in [0.25, 0.3) is 0 Å². The minimum atomic E-state index is -0.150. The van der Waals surface area contributed by atoms with Crippen LogP contribution in [0.4, 0.5) is 5.69 Å². The van der Waals surface area contributed by atoms with Crippen molar-refractivity contribution in [3.63, 3.8) is 0 Å². The van der Waals surface area contributed by atoms with E-state index in [1.807, 2.05) is 12.1 Å². The summed E-state index contributed by atoms with van der Waals surface area (Å²) >= 11 is 0. The zero-order valence-corrected chi connectivity index (χ0v) is 17.5. The molecule has 0 atom stereocenters. The zero-order chi connectivity index (χ0) is 20.1. The van der Waals surface area contributed by atoms with Gasteiger partial charge < -0.3 is 23.7 Å². The Balaban J connectivity index is 1.76. The summed E-state index contributed by atoms with van der Waals surface area (Å²) in [6.45, 7) is 11.4. The number of ether oxygens (including phenoxy) is 5. The van der Waals surface area contributed by atoms with Crippen molar-refractivity contribution in [1.29, 1.82) is 0 Å². The van der Waals surface area contributed by atoms with Crippen molar-refractivity contribution in [2.24, 2.45) is 10.5 Å². The van der Waals surface area contributed by atoms with Crippen LogP contribution in [0.1, 0.15) is 20.8 Å². The van der Waals surface area contributed by atoms with Crippen LogP contribution in [0.15, 0.2) is 17.2 Å². The van der Waals surface area contributed by atoms with E-state index in [0.717, 1.165) is 38.5 Å². The monoisotopic (exact) mass is 393 g/mol. The lowest BCUT2D eigenvalue weighted by Crippen LogP contribution is -2.38. The summed E-state index contributed by atoms with van der Waals surface area (Å²) in [6, 6.07) is 3.80. The molecule has 8 heteroatoms. The van der Waals surface area contributed by atoms with Crippen LogP contribution in [0.3, 0.4) is 0 Å². The van der Waals surface area contributed by atoms with Gasteiger partial charge in [-0.2, -0.15) is 0 Å². The molecule has 2 aliphatic heterocycles. The van der Waals surface area contributed by atoms with Crippen LogP contribution in [0, 0.1) is 5.41 Å². The van der Waals surface area contributed by atoms with E-state index in [9.17, 15) is 0 Å². The molecular weight excluding hydrogens is 362 g/mol. The highest BCUT2D eigenvalue weighted by molar-refractivity contribution is 5.84. The molecule has 28 heavy (non-hydrogen) atoms. The Kier molecular flexibility index (Phi) is 6.51. The normalized spacial score (nSPS) is 17.9. The standard InChI is InChI=1S/C20H31N3O5/c1-20(2,3)19-21-23(14-28-19)15-12-16(24-4)18(25-5)17(13-15)27-11-8-22-6-9-26-10-7-22/h12-13H,6-11,14H2,1-5H3. The van der Waals surface area contributed by atoms with E-state index in [4.69, 9.17) is 23.7 Å². The molecule has 0 bridgehead atoms. The molecule has 156 valence electrons. The Bertz CT molecular complexity index is 696. The van der Waals surface area contributed by atoms with Crippen LogP contribution >= 0.6 is 0 Å². The number of methoxy groups -OCH3 is 2. The molecule has 3 rings (SSSR count). The van der Waals surface area contributed by atoms with Gasteiger partial charge in [-0.05, 0) is 0 Å². The summed E-state index contributed by atoms with van der Waals surface area (Å²) in [5, 5.41) is 6.41. The van der Waals surface area contributed by atoms with Gasteiger partial charge in [-0.1, -0.05) is 20.8 Å². The SMILES string of the molecule is COc1cc(N2COC(C(C)(C)C)=N2)cc(OCCN2CCOCC2)c1OC. The Morgan fingerprint density at radius 1 is 1.07 bits per heavy atom.